The van der Waals surface area contributed by atoms with Gasteiger partial charge < -0.3 is 15.2 Å². The third kappa shape index (κ3) is 3.35. The Kier molecular flexibility index (Phi) is 5.00. The lowest BCUT2D eigenvalue weighted by molar-refractivity contribution is -0.142. The second kappa shape index (κ2) is 6.29. The smallest absolute Gasteiger partial charge is 0.330 e. The molecule has 0 saturated carbocycles. The molecule has 88 valence electrons. The van der Waals surface area contributed by atoms with Gasteiger partial charge in [0.25, 0.3) is 0 Å². The SMILES string of the molecule is COC(=O)C(CO)Nc1cc(SC)ncn1. The minimum atomic E-state index is -0.811. The van der Waals surface area contributed by atoms with E-state index in [0.717, 1.165) is 5.03 Å². The average molecular weight is 243 g/mol. The molecule has 0 amide bonds. The molecule has 1 aromatic rings. The molecule has 1 rings (SSSR count). The quantitative estimate of drug-likeness (QED) is 0.432. The highest BCUT2D eigenvalue weighted by molar-refractivity contribution is 7.98. The molecule has 2 N–H and O–H groups in total. The van der Waals surface area contributed by atoms with Crippen LogP contribution in [-0.4, -0.2) is 47.1 Å². The first-order valence-electron chi connectivity index (χ1n) is 4.52. The van der Waals surface area contributed by atoms with Gasteiger partial charge in [-0.1, -0.05) is 0 Å². The van der Waals surface area contributed by atoms with E-state index in [1.54, 1.807) is 6.07 Å². The molecule has 1 atom stereocenters. The van der Waals surface area contributed by atoms with Crippen molar-refractivity contribution in [2.75, 3.05) is 25.3 Å². The van der Waals surface area contributed by atoms with Crippen molar-refractivity contribution in [2.24, 2.45) is 0 Å². The first kappa shape index (κ1) is 12.7. The predicted molar refractivity (Wildman–Crippen MR) is 60.3 cm³/mol. The number of carbonyl (C=O) groups excluding carboxylic acids is 1. The summed E-state index contributed by atoms with van der Waals surface area (Å²) in [4.78, 5) is 19.1. The van der Waals surface area contributed by atoms with Crippen molar-refractivity contribution in [1.82, 2.24) is 9.97 Å². The molecule has 0 spiro atoms. The van der Waals surface area contributed by atoms with E-state index in [4.69, 9.17) is 5.11 Å². The van der Waals surface area contributed by atoms with Gasteiger partial charge in [-0.2, -0.15) is 0 Å². The molecular formula is C9H13N3O3S. The highest BCUT2D eigenvalue weighted by Crippen LogP contribution is 2.14. The summed E-state index contributed by atoms with van der Waals surface area (Å²) in [6, 6.07) is 0.880. The molecule has 0 saturated heterocycles. The first-order chi connectivity index (χ1) is 7.71. The van der Waals surface area contributed by atoms with Crippen LogP contribution < -0.4 is 5.32 Å². The number of rotatable bonds is 5. The molecule has 7 heteroatoms. The van der Waals surface area contributed by atoms with Crippen LogP contribution in [0.1, 0.15) is 0 Å². The van der Waals surface area contributed by atoms with Gasteiger partial charge in [-0.05, 0) is 6.26 Å². The fourth-order valence-electron chi connectivity index (χ4n) is 1.03. The number of nitrogens with zero attached hydrogens (tertiary/aromatic N) is 2. The highest BCUT2D eigenvalue weighted by atomic mass is 32.2. The van der Waals surface area contributed by atoms with Crippen LogP contribution in [0.3, 0.4) is 0 Å². The maximum atomic E-state index is 11.2. The fourth-order valence-corrected chi connectivity index (χ4v) is 1.41. The summed E-state index contributed by atoms with van der Waals surface area (Å²) in [6.07, 6.45) is 3.27. The molecule has 0 radical (unpaired) electrons. The maximum absolute atomic E-state index is 11.2. The van der Waals surface area contributed by atoms with Crippen molar-refractivity contribution >= 4 is 23.5 Å². The third-order valence-electron chi connectivity index (χ3n) is 1.84. The molecule has 0 fully saturated rings. The zero-order valence-electron chi connectivity index (χ0n) is 9.01. The van der Waals surface area contributed by atoms with Gasteiger partial charge in [0.2, 0.25) is 0 Å². The second-order valence-electron chi connectivity index (χ2n) is 2.85. The van der Waals surface area contributed by atoms with Crippen molar-refractivity contribution in [2.45, 2.75) is 11.1 Å². The number of esters is 1. The molecular weight excluding hydrogens is 230 g/mol. The summed E-state index contributed by atoms with van der Waals surface area (Å²) >= 11 is 1.46. The van der Waals surface area contributed by atoms with E-state index in [0.29, 0.717) is 5.82 Å². The number of aliphatic hydroxyl groups is 1. The molecule has 1 heterocycles. The Morgan fingerprint density at radius 1 is 1.69 bits per heavy atom. The Labute approximate surface area is 97.4 Å². The van der Waals surface area contributed by atoms with E-state index in [2.05, 4.69) is 20.0 Å². The van der Waals surface area contributed by atoms with Gasteiger partial charge in [0.1, 0.15) is 23.2 Å². The third-order valence-corrected chi connectivity index (χ3v) is 2.48. The van der Waals surface area contributed by atoms with Crippen LogP contribution in [0.2, 0.25) is 0 Å². The molecule has 16 heavy (non-hydrogen) atoms. The summed E-state index contributed by atoms with van der Waals surface area (Å²) in [5.74, 6) is -0.0596. The van der Waals surface area contributed by atoms with Crippen LogP contribution in [0.4, 0.5) is 5.82 Å². The van der Waals surface area contributed by atoms with E-state index in [9.17, 15) is 4.79 Å². The predicted octanol–water partition coefficient (Wildman–Crippen LogP) is 0.144. The van der Waals surface area contributed by atoms with E-state index in [-0.39, 0.29) is 6.61 Å². The zero-order chi connectivity index (χ0) is 12.0. The number of nitrogens with one attached hydrogen (secondary N) is 1. The van der Waals surface area contributed by atoms with Crippen molar-refractivity contribution in [1.29, 1.82) is 0 Å². The van der Waals surface area contributed by atoms with Crippen LogP contribution >= 0.6 is 11.8 Å². The normalized spacial score (nSPS) is 11.9. The summed E-state index contributed by atoms with van der Waals surface area (Å²) < 4.78 is 4.52. The van der Waals surface area contributed by atoms with Gasteiger partial charge in [-0.15, -0.1) is 11.8 Å². The average Bonchev–Trinajstić information content (AvgIpc) is 2.35. The largest absolute Gasteiger partial charge is 0.467 e. The Bertz CT molecular complexity index is 362. The number of carbonyl (C=O) groups is 1. The molecule has 1 aromatic heterocycles. The lowest BCUT2D eigenvalue weighted by Crippen LogP contribution is -2.34. The van der Waals surface area contributed by atoms with Gasteiger partial charge in [-0.25, -0.2) is 14.8 Å². The summed E-state index contributed by atoms with van der Waals surface area (Å²) in [7, 11) is 1.26. The standard InChI is InChI=1S/C9H13N3O3S/c1-15-9(14)6(4-13)12-7-3-8(16-2)11-5-10-7/h3,5-6,13H,4H2,1-2H3,(H,10,11,12). The number of hydrogen-bond acceptors (Lipinski definition) is 7. The summed E-state index contributed by atoms with van der Waals surface area (Å²) in [5, 5.41) is 12.5. The molecule has 6 nitrogen and oxygen atoms in total. The van der Waals surface area contributed by atoms with E-state index < -0.39 is 12.0 Å². The van der Waals surface area contributed by atoms with Crippen LogP contribution in [0.25, 0.3) is 0 Å². The summed E-state index contributed by atoms with van der Waals surface area (Å²) in [5.41, 5.74) is 0. The topological polar surface area (TPSA) is 84.3 Å². The Morgan fingerprint density at radius 2 is 2.44 bits per heavy atom. The van der Waals surface area contributed by atoms with E-state index in [1.807, 2.05) is 6.26 Å². The van der Waals surface area contributed by atoms with E-state index in [1.165, 1.54) is 25.2 Å². The van der Waals surface area contributed by atoms with Crippen LogP contribution in [-0.2, 0) is 9.53 Å². The zero-order valence-corrected chi connectivity index (χ0v) is 9.82. The number of hydrogen-bond donors (Lipinski definition) is 2. The minimum absolute atomic E-state index is 0.356. The fraction of sp³-hybridized carbons (Fsp3) is 0.444. The lowest BCUT2D eigenvalue weighted by atomic mass is 10.3. The molecule has 0 aromatic carbocycles. The number of thioether (sulfide) groups is 1. The number of anilines is 1. The minimum Gasteiger partial charge on any atom is -0.467 e. The Balaban J connectivity index is 2.73. The number of ether oxygens (including phenoxy) is 1. The molecule has 0 aliphatic rings. The first-order valence-corrected chi connectivity index (χ1v) is 5.75. The monoisotopic (exact) mass is 243 g/mol. The summed E-state index contributed by atoms with van der Waals surface area (Å²) in [6.45, 7) is -0.356. The number of aromatic nitrogens is 2. The second-order valence-corrected chi connectivity index (χ2v) is 3.67. The number of methoxy groups -OCH3 is 1. The highest BCUT2D eigenvalue weighted by Gasteiger charge is 2.18. The Morgan fingerprint density at radius 3 is 3.00 bits per heavy atom. The van der Waals surface area contributed by atoms with Crippen LogP contribution in [0, 0.1) is 0 Å². The van der Waals surface area contributed by atoms with Crippen molar-refractivity contribution in [3.05, 3.63) is 12.4 Å². The molecule has 1 unspecified atom stereocenters. The van der Waals surface area contributed by atoms with Crippen LogP contribution in [0.5, 0.6) is 0 Å². The van der Waals surface area contributed by atoms with Gasteiger partial charge in [-0.3, -0.25) is 0 Å². The molecule has 0 aliphatic carbocycles. The van der Waals surface area contributed by atoms with Gasteiger partial charge in [0, 0.05) is 6.07 Å². The van der Waals surface area contributed by atoms with Crippen molar-refractivity contribution < 1.29 is 14.6 Å². The van der Waals surface area contributed by atoms with Crippen molar-refractivity contribution in [3.8, 4) is 0 Å². The van der Waals surface area contributed by atoms with E-state index >= 15 is 0 Å². The van der Waals surface area contributed by atoms with Crippen molar-refractivity contribution in [3.63, 3.8) is 0 Å². The van der Waals surface area contributed by atoms with Crippen LogP contribution in [0.15, 0.2) is 17.4 Å². The molecule has 0 bridgehead atoms. The van der Waals surface area contributed by atoms with Gasteiger partial charge >= 0.3 is 5.97 Å². The van der Waals surface area contributed by atoms with Gasteiger partial charge in [0.15, 0.2) is 0 Å². The molecule has 0 aliphatic heterocycles. The number of aliphatic hydroxyl groups excluding tert-OH is 1. The lowest BCUT2D eigenvalue weighted by Gasteiger charge is -2.14. The Hall–Kier alpha value is -1.34. The van der Waals surface area contributed by atoms with Gasteiger partial charge in [0.05, 0.1) is 13.7 Å². The maximum Gasteiger partial charge on any atom is 0.330 e.